The number of fused-ring (bicyclic) bond motifs is 7. The number of ether oxygens (including phenoxy) is 10. The summed E-state index contributed by atoms with van der Waals surface area (Å²) in [6.07, 6.45) is -40.7. The zero-order valence-electron chi connectivity index (χ0n) is 50.7. The number of hydrogen-bond acceptors (Lipinski definition) is 29. The van der Waals surface area contributed by atoms with Crippen molar-refractivity contribution in [3.63, 3.8) is 0 Å². The minimum Gasteiger partial charge on any atom is -0.481 e. The molecule has 0 aromatic heterocycles. The summed E-state index contributed by atoms with van der Waals surface area (Å²) in [5.41, 5.74) is -4.78. The van der Waals surface area contributed by atoms with E-state index in [1.54, 1.807) is 6.92 Å². The minimum absolute atomic E-state index is 0.0382. The van der Waals surface area contributed by atoms with Gasteiger partial charge in [0, 0.05) is 0 Å². The Morgan fingerprint density at radius 2 is 1.07 bits per heavy atom. The molecular weight excluding hydrogens is 1190 g/mol. The van der Waals surface area contributed by atoms with Crippen molar-refractivity contribution in [1.29, 1.82) is 0 Å². The molecule has 0 bridgehead atoms. The van der Waals surface area contributed by atoms with Crippen LogP contribution in [-0.2, 0) is 57.0 Å². The number of carbonyl (C=O) groups is 2. The summed E-state index contributed by atoms with van der Waals surface area (Å²) in [7, 11) is 0. The van der Waals surface area contributed by atoms with Gasteiger partial charge in [-0.1, -0.05) is 46.3 Å². The first kappa shape index (κ1) is 69.5. The summed E-state index contributed by atoms with van der Waals surface area (Å²) >= 11 is 0. The van der Waals surface area contributed by atoms with Gasteiger partial charge in [-0.15, -0.1) is 0 Å². The first-order valence-corrected chi connectivity index (χ1v) is 31.0. The lowest BCUT2D eigenvalue weighted by atomic mass is 9.33. The standard InChI is InChI=1S/C59H94O30/c1-54(2)13-14-59(23(15-54)22-7-8-29-55(3)11-10-32(87-49-41(72)33(64)24(62)19-80-49)58(6,52(77)78)30(55)9-12-56(29,4)57(22,5)16-31(59)63)53(79)89-51-45(76)46(88-50-44(75)39(70)35(66)26(18-61)84-50)37(68)28(86-51)21-82-48-43(74)40(71)36(67)27(85-48)20-81-47-42(73)38(69)34(65)25(17-60)83-47/h7,23-51,60-76H,8-21H2,1-6H3,(H,77,78). The van der Waals surface area contributed by atoms with Gasteiger partial charge in [-0.05, 0) is 104 Å². The molecule has 10 rings (SSSR count). The van der Waals surface area contributed by atoms with Crippen LogP contribution in [0.25, 0.3) is 0 Å². The molecular formula is C59H94O30. The van der Waals surface area contributed by atoms with Crippen LogP contribution < -0.4 is 0 Å². The maximum Gasteiger partial charge on any atom is 0.317 e. The van der Waals surface area contributed by atoms with Gasteiger partial charge in [-0.3, -0.25) is 9.59 Å². The lowest BCUT2D eigenvalue weighted by molar-refractivity contribution is -0.365. The molecule has 5 aliphatic heterocycles. The molecule has 9 fully saturated rings. The topological polar surface area (TPSA) is 491 Å². The smallest absolute Gasteiger partial charge is 0.317 e. The van der Waals surface area contributed by atoms with Crippen molar-refractivity contribution in [3.8, 4) is 0 Å². The molecule has 30 heteroatoms. The number of carboxylic acids is 1. The summed E-state index contributed by atoms with van der Waals surface area (Å²) in [5.74, 6) is -3.44. The number of aliphatic carboxylic acids is 1. The van der Waals surface area contributed by atoms with Crippen LogP contribution in [0, 0.1) is 50.2 Å². The molecule has 510 valence electrons. The SMILES string of the molecule is CC1(C)CCC2(C(=O)OC3OC(COC4OC(COC5OC(CO)C(O)C(O)C5O)C(O)C(O)C4O)C(O)C(OC4OC(CO)C(O)C(O)C4O)C3O)C(O)CC3(C)C(=CCC4C5(C)CCC(OC6OCC(O)C(O)C6O)C(C)(C(=O)O)C5CCC43C)C2C1. The Kier molecular flexibility index (Phi) is 20.0. The number of hydrogen-bond donors (Lipinski definition) is 18. The second-order valence-corrected chi connectivity index (χ2v) is 28.6. The second-order valence-electron chi connectivity index (χ2n) is 28.6. The molecule has 18 N–H and O–H groups in total. The van der Waals surface area contributed by atoms with Gasteiger partial charge >= 0.3 is 11.9 Å². The number of allylic oxidation sites excluding steroid dienone is 2. The van der Waals surface area contributed by atoms with E-state index in [4.69, 9.17) is 47.4 Å². The van der Waals surface area contributed by atoms with E-state index in [1.807, 2.05) is 0 Å². The molecule has 34 unspecified atom stereocenters. The summed E-state index contributed by atoms with van der Waals surface area (Å²) in [6, 6.07) is 0. The normalized spacial score (nSPS) is 54.1. The molecule has 0 amide bonds. The first-order chi connectivity index (χ1) is 41.7. The molecule has 34 atom stereocenters. The van der Waals surface area contributed by atoms with Gasteiger partial charge in [0.25, 0.3) is 0 Å². The van der Waals surface area contributed by atoms with E-state index in [-0.39, 0.29) is 31.8 Å². The molecule has 89 heavy (non-hydrogen) atoms. The molecule has 5 heterocycles. The van der Waals surface area contributed by atoms with Crippen molar-refractivity contribution in [2.45, 2.75) is 259 Å². The number of rotatable bonds is 15. The average Bonchev–Trinajstić information content (AvgIpc) is 0.673. The van der Waals surface area contributed by atoms with Crippen LogP contribution >= 0.6 is 0 Å². The maximum atomic E-state index is 15.7. The third kappa shape index (κ3) is 11.6. The second kappa shape index (κ2) is 25.7. The highest BCUT2D eigenvalue weighted by Gasteiger charge is 2.73. The van der Waals surface area contributed by atoms with E-state index < -0.39 is 242 Å². The number of aliphatic hydroxyl groups excluding tert-OH is 17. The maximum absolute atomic E-state index is 15.7. The Hall–Kier alpha value is -2.36. The summed E-state index contributed by atoms with van der Waals surface area (Å²) in [4.78, 5) is 29.4. The van der Waals surface area contributed by atoms with Gasteiger partial charge in [0.2, 0.25) is 6.29 Å². The van der Waals surface area contributed by atoms with E-state index >= 15 is 4.79 Å². The monoisotopic (exact) mass is 1280 g/mol. The molecule has 0 spiro atoms. The van der Waals surface area contributed by atoms with Crippen molar-refractivity contribution < 1.29 is 149 Å². The number of esters is 1. The highest BCUT2D eigenvalue weighted by Crippen LogP contribution is 2.76. The molecule has 30 nitrogen and oxygen atoms in total. The van der Waals surface area contributed by atoms with Crippen LogP contribution in [0.3, 0.4) is 0 Å². The van der Waals surface area contributed by atoms with Crippen LogP contribution in [-0.4, -0.2) is 297 Å². The number of aliphatic hydroxyl groups is 17. The Morgan fingerprint density at radius 1 is 0.539 bits per heavy atom. The quantitative estimate of drug-likeness (QED) is 0.0413. The van der Waals surface area contributed by atoms with Gasteiger partial charge in [-0.2, -0.15) is 0 Å². The lowest BCUT2D eigenvalue weighted by Crippen LogP contribution is -2.69. The van der Waals surface area contributed by atoms with E-state index in [0.29, 0.717) is 38.5 Å². The van der Waals surface area contributed by atoms with Crippen molar-refractivity contribution in [1.82, 2.24) is 0 Å². The van der Waals surface area contributed by atoms with Crippen molar-refractivity contribution >= 4 is 11.9 Å². The molecule has 0 aromatic carbocycles. The Labute approximate surface area is 513 Å². The van der Waals surface area contributed by atoms with Crippen LogP contribution in [0.1, 0.15) is 99.3 Å². The highest BCUT2D eigenvalue weighted by atomic mass is 16.8. The van der Waals surface area contributed by atoms with Gasteiger partial charge < -0.3 is 139 Å². The van der Waals surface area contributed by atoms with Crippen molar-refractivity contribution in [2.75, 3.05) is 33.0 Å². The van der Waals surface area contributed by atoms with Gasteiger partial charge in [-0.25, -0.2) is 0 Å². The molecule has 5 saturated heterocycles. The largest absolute Gasteiger partial charge is 0.481 e. The van der Waals surface area contributed by atoms with E-state index in [2.05, 4.69) is 40.7 Å². The van der Waals surface area contributed by atoms with Crippen LogP contribution in [0.15, 0.2) is 11.6 Å². The van der Waals surface area contributed by atoms with E-state index in [1.165, 1.54) is 0 Å². The van der Waals surface area contributed by atoms with E-state index in [9.17, 15) is 96.7 Å². The third-order valence-corrected chi connectivity index (χ3v) is 23.3. The van der Waals surface area contributed by atoms with Crippen LogP contribution in [0.4, 0.5) is 0 Å². The Morgan fingerprint density at radius 3 is 1.65 bits per heavy atom. The number of carbonyl (C=O) groups excluding carboxylic acids is 1. The molecule has 5 aliphatic carbocycles. The fourth-order valence-corrected chi connectivity index (χ4v) is 17.6. The lowest BCUT2D eigenvalue weighted by Gasteiger charge is -2.71. The van der Waals surface area contributed by atoms with Crippen LogP contribution in [0.2, 0.25) is 0 Å². The molecule has 10 aliphatic rings. The first-order valence-electron chi connectivity index (χ1n) is 31.0. The Bertz CT molecular complexity index is 2530. The Balaban J connectivity index is 0.915. The predicted octanol–water partition coefficient (Wildman–Crippen LogP) is -5.54. The fourth-order valence-electron chi connectivity index (χ4n) is 17.6. The van der Waals surface area contributed by atoms with Gasteiger partial charge in [0.1, 0.15) is 121 Å². The third-order valence-electron chi connectivity index (χ3n) is 23.3. The van der Waals surface area contributed by atoms with Gasteiger partial charge in [0.05, 0.1) is 50.7 Å². The average molecular weight is 1280 g/mol. The van der Waals surface area contributed by atoms with E-state index in [0.717, 1.165) is 5.57 Å². The van der Waals surface area contributed by atoms with Crippen molar-refractivity contribution in [3.05, 3.63) is 11.6 Å². The van der Waals surface area contributed by atoms with Crippen LogP contribution in [0.5, 0.6) is 0 Å². The molecule has 4 saturated carbocycles. The zero-order chi connectivity index (χ0) is 65.2. The summed E-state index contributed by atoms with van der Waals surface area (Å²) in [5, 5.41) is 196. The summed E-state index contributed by atoms with van der Waals surface area (Å²) in [6.45, 7) is 8.51. The molecule has 0 aromatic rings. The minimum atomic E-state index is -2.18. The zero-order valence-corrected chi connectivity index (χ0v) is 50.7. The predicted molar refractivity (Wildman–Crippen MR) is 293 cm³/mol. The number of carboxylic acid groups (broad SMARTS) is 1. The molecule has 0 radical (unpaired) electrons. The fraction of sp³-hybridized carbons (Fsp3) is 0.932. The summed E-state index contributed by atoms with van der Waals surface area (Å²) < 4.78 is 58.3. The van der Waals surface area contributed by atoms with Gasteiger partial charge in [0.15, 0.2) is 25.2 Å². The highest BCUT2D eigenvalue weighted by molar-refractivity contribution is 5.80. The van der Waals surface area contributed by atoms with Crippen molar-refractivity contribution in [2.24, 2.45) is 50.2 Å².